The normalized spacial score (nSPS) is 32.3. The molecule has 0 saturated carbocycles. The molecule has 4 heteroatoms. The Balaban J connectivity index is 1.84. The summed E-state index contributed by atoms with van der Waals surface area (Å²) >= 11 is 0. The molecule has 14 heavy (non-hydrogen) atoms. The van der Waals surface area contributed by atoms with E-state index >= 15 is 0 Å². The summed E-state index contributed by atoms with van der Waals surface area (Å²) in [6, 6.07) is 1.08. The van der Waals surface area contributed by atoms with E-state index in [0.717, 1.165) is 19.0 Å². The van der Waals surface area contributed by atoms with E-state index in [1.54, 1.807) is 6.20 Å². The third-order valence-electron chi connectivity index (χ3n) is 3.14. The quantitative estimate of drug-likeness (QED) is 0.642. The van der Waals surface area contributed by atoms with E-state index in [1.165, 1.54) is 19.4 Å². The van der Waals surface area contributed by atoms with Crippen LogP contribution >= 0.6 is 0 Å². The van der Waals surface area contributed by atoms with Gasteiger partial charge in [0, 0.05) is 30.9 Å². The standard InChI is InChI=1S/C10H16N2O2/c13-10(14)3-5-11-8-4-7-12-6-1-2-9(8)12/h3,5,8-9,11H,1-2,4,6-7H2,(H,13,14)/b5-3+. The SMILES string of the molecule is O=C(O)/C=C/NC1CCN2CCCC12. The summed E-state index contributed by atoms with van der Waals surface area (Å²) in [6.07, 6.45) is 6.39. The molecule has 0 radical (unpaired) electrons. The lowest BCUT2D eigenvalue weighted by molar-refractivity contribution is -0.131. The van der Waals surface area contributed by atoms with Crippen molar-refractivity contribution >= 4 is 5.97 Å². The molecule has 2 aliphatic heterocycles. The van der Waals surface area contributed by atoms with Crippen LogP contribution in [0.2, 0.25) is 0 Å². The first kappa shape index (κ1) is 9.52. The van der Waals surface area contributed by atoms with Gasteiger partial charge in [-0.25, -0.2) is 4.79 Å². The predicted octanol–water partition coefficient (Wildman–Crippen LogP) is 0.411. The number of rotatable bonds is 3. The summed E-state index contributed by atoms with van der Waals surface area (Å²) in [7, 11) is 0. The van der Waals surface area contributed by atoms with Crippen molar-refractivity contribution in [3.8, 4) is 0 Å². The van der Waals surface area contributed by atoms with Gasteiger partial charge in [-0.2, -0.15) is 0 Å². The van der Waals surface area contributed by atoms with Crippen LogP contribution in [0.3, 0.4) is 0 Å². The highest BCUT2D eigenvalue weighted by molar-refractivity contribution is 5.79. The van der Waals surface area contributed by atoms with Crippen LogP contribution in [0.15, 0.2) is 12.3 Å². The van der Waals surface area contributed by atoms with Gasteiger partial charge in [-0.05, 0) is 25.8 Å². The second-order valence-electron chi connectivity index (χ2n) is 3.98. The van der Waals surface area contributed by atoms with Crippen molar-refractivity contribution in [3.63, 3.8) is 0 Å². The lowest BCUT2D eigenvalue weighted by Gasteiger charge is -2.19. The van der Waals surface area contributed by atoms with Gasteiger partial charge in [0.1, 0.15) is 0 Å². The van der Waals surface area contributed by atoms with Crippen LogP contribution in [0.25, 0.3) is 0 Å². The van der Waals surface area contributed by atoms with Gasteiger partial charge in [0.2, 0.25) is 0 Å². The minimum atomic E-state index is -0.890. The minimum absolute atomic E-state index is 0.452. The average molecular weight is 196 g/mol. The Kier molecular flexibility index (Phi) is 2.72. The highest BCUT2D eigenvalue weighted by Crippen LogP contribution is 2.27. The summed E-state index contributed by atoms with van der Waals surface area (Å²) < 4.78 is 0. The fourth-order valence-corrected chi connectivity index (χ4v) is 2.52. The van der Waals surface area contributed by atoms with E-state index in [9.17, 15) is 4.79 Å². The Bertz CT molecular complexity index is 253. The molecule has 0 aromatic carbocycles. The fourth-order valence-electron chi connectivity index (χ4n) is 2.52. The topological polar surface area (TPSA) is 52.6 Å². The van der Waals surface area contributed by atoms with Crippen LogP contribution in [0.4, 0.5) is 0 Å². The lowest BCUT2D eigenvalue weighted by Crippen LogP contribution is -2.36. The Labute approximate surface area is 83.6 Å². The molecule has 4 nitrogen and oxygen atoms in total. The van der Waals surface area contributed by atoms with Crippen LogP contribution in [0.1, 0.15) is 19.3 Å². The van der Waals surface area contributed by atoms with Gasteiger partial charge >= 0.3 is 5.97 Å². The van der Waals surface area contributed by atoms with Gasteiger partial charge < -0.3 is 10.4 Å². The molecule has 2 fully saturated rings. The van der Waals surface area contributed by atoms with E-state index < -0.39 is 5.97 Å². The predicted molar refractivity (Wildman–Crippen MR) is 52.9 cm³/mol. The van der Waals surface area contributed by atoms with Gasteiger partial charge in [0.05, 0.1) is 0 Å². The minimum Gasteiger partial charge on any atom is -0.478 e. The Morgan fingerprint density at radius 2 is 2.29 bits per heavy atom. The molecule has 0 aromatic heterocycles. The van der Waals surface area contributed by atoms with Crippen LogP contribution < -0.4 is 5.32 Å². The van der Waals surface area contributed by atoms with Crippen LogP contribution in [-0.2, 0) is 4.79 Å². The number of carboxylic acids is 1. The molecule has 2 heterocycles. The summed E-state index contributed by atoms with van der Waals surface area (Å²) in [4.78, 5) is 12.8. The van der Waals surface area contributed by atoms with Crippen LogP contribution in [-0.4, -0.2) is 41.1 Å². The molecule has 78 valence electrons. The van der Waals surface area contributed by atoms with E-state index in [-0.39, 0.29) is 0 Å². The third kappa shape index (κ3) is 1.90. The van der Waals surface area contributed by atoms with E-state index in [1.807, 2.05) is 0 Å². The first-order valence-corrected chi connectivity index (χ1v) is 5.17. The highest BCUT2D eigenvalue weighted by Gasteiger charge is 2.36. The molecule has 2 rings (SSSR count). The van der Waals surface area contributed by atoms with Gasteiger partial charge in [-0.1, -0.05) is 0 Å². The smallest absolute Gasteiger partial charge is 0.329 e. The maximum atomic E-state index is 10.3. The molecule has 0 bridgehead atoms. The average Bonchev–Trinajstić information content (AvgIpc) is 2.67. The molecular formula is C10H16N2O2. The second-order valence-corrected chi connectivity index (χ2v) is 3.98. The molecule has 2 unspecified atom stereocenters. The molecule has 2 atom stereocenters. The first-order chi connectivity index (χ1) is 6.77. The van der Waals surface area contributed by atoms with Crippen molar-refractivity contribution in [2.45, 2.75) is 31.3 Å². The molecular weight excluding hydrogens is 180 g/mol. The molecule has 0 aromatic rings. The van der Waals surface area contributed by atoms with Crippen molar-refractivity contribution < 1.29 is 9.90 Å². The van der Waals surface area contributed by atoms with Gasteiger partial charge in [-0.3, -0.25) is 4.90 Å². The van der Waals surface area contributed by atoms with Gasteiger partial charge in [-0.15, -0.1) is 0 Å². The monoisotopic (exact) mass is 196 g/mol. The zero-order chi connectivity index (χ0) is 9.97. The molecule has 2 aliphatic rings. The summed E-state index contributed by atoms with van der Waals surface area (Å²) in [6.45, 7) is 2.37. The maximum Gasteiger partial charge on any atom is 0.329 e. The summed E-state index contributed by atoms with van der Waals surface area (Å²) in [5, 5.41) is 11.6. The zero-order valence-corrected chi connectivity index (χ0v) is 8.15. The largest absolute Gasteiger partial charge is 0.478 e. The fraction of sp³-hybridized carbons (Fsp3) is 0.700. The lowest BCUT2D eigenvalue weighted by atomic mass is 10.1. The number of fused-ring (bicyclic) bond motifs is 1. The Morgan fingerprint density at radius 1 is 1.43 bits per heavy atom. The number of hydrogen-bond acceptors (Lipinski definition) is 3. The summed E-state index contributed by atoms with van der Waals surface area (Å²) in [5.41, 5.74) is 0. The molecule has 0 spiro atoms. The van der Waals surface area contributed by atoms with Gasteiger partial charge in [0.25, 0.3) is 0 Å². The van der Waals surface area contributed by atoms with Crippen LogP contribution in [0, 0.1) is 0 Å². The summed E-state index contributed by atoms with van der Waals surface area (Å²) in [5.74, 6) is -0.890. The number of nitrogens with zero attached hydrogens (tertiary/aromatic N) is 1. The zero-order valence-electron chi connectivity index (χ0n) is 8.15. The highest BCUT2D eigenvalue weighted by atomic mass is 16.4. The van der Waals surface area contributed by atoms with Crippen molar-refractivity contribution in [1.29, 1.82) is 0 Å². The Hall–Kier alpha value is -1.03. The van der Waals surface area contributed by atoms with Gasteiger partial charge in [0.15, 0.2) is 0 Å². The van der Waals surface area contributed by atoms with E-state index in [2.05, 4.69) is 10.2 Å². The third-order valence-corrected chi connectivity index (χ3v) is 3.14. The molecule has 2 N–H and O–H groups in total. The van der Waals surface area contributed by atoms with Crippen LogP contribution in [0.5, 0.6) is 0 Å². The van der Waals surface area contributed by atoms with Crippen molar-refractivity contribution in [2.24, 2.45) is 0 Å². The number of aliphatic carboxylic acids is 1. The number of carboxylic acid groups (broad SMARTS) is 1. The van der Waals surface area contributed by atoms with E-state index in [0.29, 0.717) is 12.1 Å². The van der Waals surface area contributed by atoms with Crippen molar-refractivity contribution in [1.82, 2.24) is 10.2 Å². The number of nitrogens with one attached hydrogen (secondary N) is 1. The molecule has 0 amide bonds. The Morgan fingerprint density at radius 3 is 3.07 bits per heavy atom. The molecule has 2 saturated heterocycles. The van der Waals surface area contributed by atoms with Crippen molar-refractivity contribution in [2.75, 3.05) is 13.1 Å². The maximum absolute atomic E-state index is 10.3. The number of carbonyl (C=O) groups is 1. The first-order valence-electron chi connectivity index (χ1n) is 5.17. The molecule has 0 aliphatic carbocycles. The van der Waals surface area contributed by atoms with E-state index in [4.69, 9.17) is 5.11 Å². The number of hydrogen-bond donors (Lipinski definition) is 2. The van der Waals surface area contributed by atoms with Crippen molar-refractivity contribution in [3.05, 3.63) is 12.3 Å². The second kappa shape index (κ2) is 4.00.